The van der Waals surface area contributed by atoms with Gasteiger partial charge in [0.25, 0.3) is 0 Å². The van der Waals surface area contributed by atoms with Crippen molar-refractivity contribution in [2.45, 2.75) is 26.2 Å². The predicted molar refractivity (Wildman–Crippen MR) is 105 cm³/mol. The average molecular weight is 362 g/mol. The molecule has 5 nitrogen and oxygen atoms in total. The molecule has 0 fully saturated rings. The van der Waals surface area contributed by atoms with Gasteiger partial charge >= 0.3 is 5.97 Å². The van der Waals surface area contributed by atoms with E-state index in [4.69, 9.17) is 14.8 Å². The lowest BCUT2D eigenvalue weighted by atomic mass is 9.97. The van der Waals surface area contributed by atoms with Gasteiger partial charge in [0.2, 0.25) is 0 Å². The highest BCUT2D eigenvalue weighted by molar-refractivity contribution is 5.87. The normalized spacial score (nSPS) is 10.6. The average Bonchev–Trinajstić information content (AvgIpc) is 2.72. The number of ether oxygens (including phenoxy) is 1. The summed E-state index contributed by atoms with van der Waals surface area (Å²) in [6.45, 7) is 2.16. The van der Waals surface area contributed by atoms with Crippen LogP contribution in [-0.4, -0.2) is 28.2 Å². The smallest absolute Gasteiger partial charge is 0.354 e. The topological polar surface area (TPSA) is 72.3 Å². The minimum atomic E-state index is -1.04. The second-order valence-electron chi connectivity index (χ2n) is 6.31. The van der Waals surface area contributed by atoms with Crippen LogP contribution in [0.15, 0.2) is 54.9 Å². The van der Waals surface area contributed by atoms with Crippen molar-refractivity contribution in [3.63, 3.8) is 0 Å². The molecule has 0 unspecified atom stereocenters. The summed E-state index contributed by atoms with van der Waals surface area (Å²) in [5.41, 5.74) is 4.78. The van der Waals surface area contributed by atoms with Crippen LogP contribution in [0.1, 0.15) is 35.8 Å². The number of aryl methyl sites for hydroxylation is 1. The molecular weight excluding hydrogens is 340 g/mol. The summed E-state index contributed by atoms with van der Waals surface area (Å²) in [6.07, 6.45) is 6.68. The second-order valence-corrected chi connectivity index (χ2v) is 6.31. The zero-order chi connectivity index (χ0) is 19.2. The Labute approximate surface area is 158 Å². The number of methoxy groups -OCH3 is 1. The van der Waals surface area contributed by atoms with Gasteiger partial charge < -0.3 is 9.84 Å². The predicted octanol–water partition coefficient (Wildman–Crippen LogP) is 4.86. The van der Waals surface area contributed by atoms with Gasteiger partial charge in [0.15, 0.2) is 0 Å². The van der Waals surface area contributed by atoms with Crippen molar-refractivity contribution in [2.24, 2.45) is 0 Å². The molecule has 0 saturated heterocycles. The third-order valence-corrected chi connectivity index (χ3v) is 4.42. The Bertz CT molecular complexity index is 919. The summed E-state index contributed by atoms with van der Waals surface area (Å²) in [4.78, 5) is 19.9. The number of aromatic nitrogens is 2. The van der Waals surface area contributed by atoms with Gasteiger partial charge in [0.1, 0.15) is 11.4 Å². The van der Waals surface area contributed by atoms with E-state index in [1.807, 2.05) is 30.5 Å². The Morgan fingerprint density at radius 3 is 2.37 bits per heavy atom. The molecular formula is C22H22N2O3. The molecule has 1 N–H and O–H groups in total. The van der Waals surface area contributed by atoms with Crippen LogP contribution < -0.4 is 4.74 Å². The molecule has 2 heterocycles. The molecule has 0 atom stereocenters. The van der Waals surface area contributed by atoms with Crippen LogP contribution in [-0.2, 0) is 6.42 Å². The van der Waals surface area contributed by atoms with E-state index in [9.17, 15) is 4.79 Å². The lowest BCUT2D eigenvalue weighted by Crippen LogP contribution is -2.00. The maximum atomic E-state index is 11.1. The molecule has 0 amide bonds. The van der Waals surface area contributed by atoms with Gasteiger partial charge in [-0.05, 0) is 54.8 Å². The number of nitrogens with zero attached hydrogens (tertiary/aromatic N) is 2. The van der Waals surface area contributed by atoms with Crippen LogP contribution in [0.4, 0.5) is 0 Å². The summed E-state index contributed by atoms with van der Waals surface area (Å²) in [7, 11) is 1.64. The van der Waals surface area contributed by atoms with E-state index < -0.39 is 5.97 Å². The van der Waals surface area contributed by atoms with Gasteiger partial charge in [0.05, 0.1) is 12.8 Å². The van der Waals surface area contributed by atoms with Crippen molar-refractivity contribution < 1.29 is 14.6 Å². The third kappa shape index (κ3) is 4.31. The number of hydrogen-bond acceptors (Lipinski definition) is 4. The molecule has 0 spiro atoms. The fourth-order valence-electron chi connectivity index (χ4n) is 2.90. The molecule has 5 heteroatoms. The van der Waals surface area contributed by atoms with Crippen LogP contribution in [0.3, 0.4) is 0 Å². The fraction of sp³-hybridized carbons (Fsp3) is 0.227. The summed E-state index contributed by atoms with van der Waals surface area (Å²) < 4.78 is 5.23. The van der Waals surface area contributed by atoms with Crippen molar-refractivity contribution in [1.82, 2.24) is 9.97 Å². The molecule has 0 aliphatic carbocycles. The number of aromatic carboxylic acids is 1. The van der Waals surface area contributed by atoms with Gasteiger partial charge in [-0.25, -0.2) is 9.78 Å². The van der Waals surface area contributed by atoms with Crippen molar-refractivity contribution in [2.75, 3.05) is 7.11 Å². The molecule has 3 aromatic rings. The minimum absolute atomic E-state index is 0.0276. The van der Waals surface area contributed by atoms with E-state index in [0.717, 1.165) is 53.0 Å². The molecule has 3 rings (SSSR count). The standard InChI is InChI=1S/C22H22N2O3/c1-3-4-5-15-12-19(17-8-11-20(22(25)26)23-14-17)21(24-13-15)16-6-9-18(27-2)10-7-16/h6-14H,3-5H2,1-2H3,(H,25,26). The van der Waals surface area contributed by atoms with E-state index >= 15 is 0 Å². The Morgan fingerprint density at radius 2 is 1.78 bits per heavy atom. The van der Waals surface area contributed by atoms with Gasteiger partial charge in [-0.3, -0.25) is 4.98 Å². The largest absolute Gasteiger partial charge is 0.497 e. The highest BCUT2D eigenvalue weighted by Gasteiger charge is 2.12. The van der Waals surface area contributed by atoms with Crippen LogP contribution >= 0.6 is 0 Å². The number of rotatable bonds is 7. The SMILES string of the molecule is CCCCc1cnc(-c2ccc(OC)cc2)c(-c2ccc(C(=O)O)nc2)c1. The Balaban J connectivity index is 2.07. The maximum absolute atomic E-state index is 11.1. The summed E-state index contributed by atoms with van der Waals surface area (Å²) in [5, 5.41) is 9.08. The van der Waals surface area contributed by atoms with E-state index in [1.54, 1.807) is 19.4 Å². The highest BCUT2D eigenvalue weighted by atomic mass is 16.5. The summed E-state index contributed by atoms with van der Waals surface area (Å²) >= 11 is 0. The molecule has 1 aromatic carbocycles. The first kappa shape index (κ1) is 18.6. The fourth-order valence-corrected chi connectivity index (χ4v) is 2.90. The number of carboxylic acids is 1. The molecule has 0 aliphatic rings. The van der Waals surface area contributed by atoms with E-state index in [-0.39, 0.29) is 5.69 Å². The van der Waals surface area contributed by atoms with E-state index in [0.29, 0.717) is 0 Å². The Morgan fingerprint density at radius 1 is 1.04 bits per heavy atom. The van der Waals surface area contributed by atoms with Gasteiger partial charge in [0, 0.05) is 29.1 Å². The van der Waals surface area contributed by atoms with Gasteiger partial charge in [-0.2, -0.15) is 0 Å². The third-order valence-electron chi connectivity index (χ3n) is 4.42. The van der Waals surface area contributed by atoms with Gasteiger partial charge in [-0.15, -0.1) is 0 Å². The van der Waals surface area contributed by atoms with Crippen molar-refractivity contribution in [1.29, 1.82) is 0 Å². The number of carbonyl (C=O) groups is 1. The molecule has 2 aromatic heterocycles. The van der Waals surface area contributed by atoms with Gasteiger partial charge in [-0.1, -0.05) is 19.4 Å². The monoisotopic (exact) mass is 362 g/mol. The quantitative estimate of drug-likeness (QED) is 0.650. The lowest BCUT2D eigenvalue weighted by Gasteiger charge is -2.12. The first-order valence-electron chi connectivity index (χ1n) is 8.95. The number of carboxylic acid groups (broad SMARTS) is 1. The summed E-state index contributed by atoms with van der Waals surface area (Å²) in [5.74, 6) is -0.251. The lowest BCUT2D eigenvalue weighted by molar-refractivity contribution is 0.0690. The van der Waals surface area contributed by atoms with E-state index in [1.165, 1.54) is 6.07 Å². The Kier molecular flexibility index (Phi) is 5.81. The molecule has 0 bridgehead atoms. The number of hydrogen-bond donors (Lipinski definition) is 1. The number of benzene rings is 1. The summed E-state index contributed by atoms with van der Waals surface area (Å²) in [6, 6.07) is 13.2. The maximum Gasteiger partial charge on any atom is 0.354 e. The van der Waals surface area contributed by atoms with Crippen LogP contribution in [0.2, 0.25) is 0 Å². The van der Waals surface area contributed by atoms with E-state index in [2.05, 4.69) is 18.0 Å². The molecule has 138 valence electrons. The highest BCUT2D eigenvalue weighted by Crippen LogP contribution is 2.32. The van der Waals surface area contributed by atoms with Crippen molar-refractivity contribution in [3.05, 3.63) is 66.1 Å². The second kappa shape index (κ2) is 8.45. The van der Waals surface area contributed by atoms with Crippen molar-refractivity contribution in [3.8, 4) is 28.1 Å². The van der Waals surface area contributed by atoms with Crippen molar-refractivity contribution >= 4 is 5.97 Å². The molecule has 27 heavy (non-hydrogen) atoms. The molecule has 0 radical (unpaired) electrons. The Hall–Kier alpha value is -3.21. The molecule has 0 saturated carbocycles. The number of unbranched alkanes of at least 4 members (excludes halogenated alkanes) is 1. The van der Waals surface area contributed by atoms with Crippen LogP contribution in [0.5, 0.6) is 5.75 Å². The molecule has 0 aliphatic heterocycles. The zero-order valence-corrected chi connectivity index (χ0v) is 15.5. The first-order chi connectivity index (χ1) is 13.1. The minimum Gasteiger partial charge on any atom is -0.497 e. The first-order valence-corrected chi connectivity index (χ1v) is 8.95. The van der Waals surface area contributed by atoms with Crippen LogP contribution in [0.25, 0.3) is 22.4 Å². The number of pyridine rings is 2. The van der Waals surface area contributed by atoms with Crippen LogP contribution in [0, 0.1) is 0 Å². The zero-order valence-electron chi connectivity index (χ0n) is 15.5.